The lowest BCUT2D eigenvalue weighted by Crippen LogP contribution is -2.40. The van der Waals surface area contributed by atoms with E-state index in [1.54, 1.807) is 11.3 Å². The first-order valence-electron chi connectivity index (χ1n) is 7.00. The number of fused-ring (bicyclic) bond motifs is 1. The molecule has 0 aliphatic carbocycles. The average molecular weight is 352 g/mol. The van der Waals surface area contributed by atoms with E-state index in [-0.39, 0.29) is 5.43 Å². The number of benzene rings is 1. The topological polar surface area (TPSA) is 20.3 Å². The lowest BCUT2D eigenvalue weighted by Gasteiger charge is -2.36. The van der Waals surface area contributed by atoms with E-state index in [0.29, 0.717) is 11.8 Å². The lowest BCUT2D eigenvalue weighted by molar-refractivity contribution is 0.356. The Labute approximate surface area is 131 Å². The van der Waals surface area contributed by atoms with Crippen molar-refractivity contribution in [2.45, 2.75) is 20.3 Å². The van der Waals surface area contributed by atoms with Gasteiger partial charge >= 0.3 is 0 Å². The smallest absolute Gasteiger partial charge is 0.211 e. The van der Waals surface area contributed by atoms with Gasteiger partial charge in [0.05, 0.1) is 5.69 Å². The second kappa shape index (κ2) is 5.49. The maximum Gasteiger partial charge on any atom is 0.211 e. The fraction of sp³-hybridized carbons (Fsp3) is 0.438. The molecule has 2 nitrogen and oxygen atoms in total. The molecule has 3 rings (SSSR count). The number of hydrogen-bond acceptors (Lipinski definition) is 3. The van der Waals surface area contributed by atoms with Gasteiger partial charge in [0.15, 0.2) is 0 Å². The van der Waals surface area contributed by atoms with Gasteiger partial charge in [-0.25, -0.2) is 0 Å². The molecule has 1 fully saturated rings. The number of halogens is 1. The zero-order valence-corrected chi connectivity index (χ0v) is 14.1. The molecular formula is C16H18BrNOS. The van der Waals surface area contributed by atoms with E-state index < -0.39 is 0 Å². The molecule has 0 bridgehead atoms. The van der Waals surface area contributed by atoms with Crippen LogP contribution in [0.25, 0.3) is 10.1 Å². The quantitative estimate of drug-likeness (QED) is 0.753. The van der Waals surface area contributed by atoms with Crippen LogP contribution in [0.3, 0.4) is 0 Å². The fourth-order valence-corrected chi connectivity index (χ4v) is 4.45. The number of anilines is 1. The van der Waals surface area contributed by atoms with Crippen LogP contribution in [0.4, 0.5) is 5.69 Å². The molecule has 1 aliphatic rings. The van der Waals surface area contributed by atoms with E-state index in [1.165, 1.54) is 6.42 Å². The molecule has 2 atom stereocenters. The van der Waals surface area contributed by atoms with Crippen LogP contribution in [0, 0.1) is 11.8 Å². The van der Waals surface area contributed by atoms with Crippen molar-refractivity contribution in [2.75, 3.05) is 18.0 Å². The van der Waals surface area contributed by atoms with E-state index in [0.717, 1.165) is 33.3 Å². The third-order valence-corrected chi connectivity index (χ3v) is 5.37. The number of piperidine rings is 1. The standard InChI is InChI=1S/C16H18BrNOS/c1-10-5-11(2)8-18(7-10)14-9-20-15-4-3-12(17)6-13(15)16(14)19/h3-4,6,9-11H,5,7-8H2,1-2H3/t10-,11-/m1/s1. The molecule has 0 N–H and O–H groups in total. The molecule has 1 aromatic carbocycles. The highest BCUT2D eigenvalue weighted by Gasteiger charge is 2.24. The number of nitrogens with zero attached hydrogens (tertiary/aromatic N) is 1. The second-order valence-electron chi connectivity index (χ2n) is 5.94. The molecule has 20 heavy (non-hydrogen) atoms. The van der Waals surface area contributed by atoms with Gasteiger partial charge in [-0.1, -0.05) is 29.8 Å². The van der Waals surface area contributed by atoms with Crippen LogP contribution >= 0.6 is 27.3 Å². The van der Waals surface area contributed by atoms with Crippen molar-refractivity contribution in [3.63, 3.8) is 0 Å². The summed E-state index contributed by atoms with van der Waals surface area (Å²) in [6.45, 7) is 6.53. The Morgan fingerprint density at radius 2 is 1.95 bits per heavy atom. The van der Waals surface area contributed by atoms with Crippen molar-refractivity contribution < 1.29 is 0 Å². The van der Waals surface area contributed by atoms with Crippen LogP contribution in [0.5, 0.6) is 0 Å². The van der Waals surface area contributed by atoms with Gasteiger partial charge < -0.3 is 4.90 Å². The van der Waals surface area contributed by atoms with Gasteiger partial charge in [-0.3, -0.25) is 4.79 Å². The molecule has 2 heterocycles. The zero-order chi connectivity index (χ0) is 14.3. The molecule has 0 spiro atoms. The summed E-state index contributed by atoms with van der Waals surface area (Å²) in [5.41, 5.74) is 1.04. The van der Waals surface area contributed by atoms with E-state index >= 15 is 0 Å². The van der Waals surface area contributed by atoms with Gasteiger partial charge in [-0.2, -0.15) is 0 Å². The molecule has 0 amide bonds. The molecule has 1 aromatic heterocycles. The highest BCUT2D eigenvalue weighted by atomic mass is 79.9. The monoisotopic (exact) mass is 351 g/mol. The summed E-state index contributed by atoms with van der Waals surface area (Å²) >= 11 is 5.12. The summed E-state index contributed by atoms with van der Waals surface area (Å²) < 4.78 is 2.02. The van der Waals surface area contributed by atoms with Crippen LogP contribution in [0.1, 0.15) is 20.3 Å². The minimum Gasteiger partial charge on any atom is -0.367 e. The molecule has 0 radical (unpaired) electrons. The highest BCUT2D eigenvalue weighted by Crippen LogP contribution is 2.28. The number of hydrogen-bond donors (Lipinski definition) is 0. The predicted molar refractivity (Wildman–Crippen MR) is 91.0 cm³/mol. The maximum atomic E-state index is 12.7. The minimum atomic E-state index is 0.168. The fourth-order valence-electron chi connectivity index (χ4n) is 3.17. The first kappa shape index (κ1) is 14.1. The summed E-state index contributed by atoms with van der Waals surface area (Å²) in [5, 5.41) is 2.86. The van der Waals surface area contributed by atoms with Crippen LogP contribution in [-0.2, 0) is 0 Å². The van der Waals surface area contributed by atoms with Gasteiger partial charge in [0.1, 0.15) is 0 Å². The summed E-state index contributed by atoms with van der Waals surface area (Å²) in [6, 6.07) is 5.94. The van der Waals surface area contributed by atoms with E-state index in [9.17, 15) is 4.79 Å². The van der Waals surface area contributed by atoms with Gasteiger partial charge in [0, 0.05) is 33.0 Å². The number of rotatable bonds is 1. The highest BCUT2D eigenvalue weighted by molar-refractivity contribution is 9.10. The van der Waals surface area contributed by atoms with Crippen LogP contribution < -0.4 is 10.3 Å². The van der Waals surface area contributed by atoms with Crippen molar-refractivity contribution >= 4 is 43.0 Å². The Morgan fingerprint density at radius 3 is 2.65 bits per heavy atom. The molecule has 0 unspecified atom stereocenters. The molecular weight excluding hydrogens is 334 g/mol. The Hall–Kier alpha value is -0.870. The van der Waals surface area contributed by atoms with Crippen LogP contribution in [0.2, 0.25) is 0 Å². The molecule has 106 valence electrons. The first-order valence-corrected chi connectivity index (χ1v) is 8.68. The molecule has 0 saturated carbocycles. The SMILES string of the molecule is C[C@@H]1C[C@@H](C)CN(c2csc3ccc(Br)cc3c2=O)C1. The van der Waals surface area contributed by atoms with Gasteiger partial charge in [-0.05, 0) is 36.5 Å². The van der Waals surface area contributed by atoms with Crippen molar-refractivity contribution in [3.05, 3.63) is 38.3 Å². The van der Waals surface area contributed by atoms with Gasteiger partial charge in [0.25, 0.3) is 0 Å². The van der Waals surface area contributed by atoms with E-state index in [1.807, 2.05) is 23.6 Å². The normalized spacial score (nSPS) is 23.2. The summed E-state index contributed by atoms with van der Waals surface area (Å²) in [6.07, 6.45) is 1.26. The Kier molecular flexibility index (Phi) is 3.87. The molecule has 1 saturated heterocycles. The van der Waals surface area contributed by atoms with Crippen molar-refractivity contribution in [1.29, 1.82) is 0 Å². The Morgan fingerprint density at radius 1 is 1.25 bits per heavy atom. The van der Waals surface area contributed by atoms with Gasteiger partial charge in [-0.15, -0.1) is 11.3 Å². The second-order valence-corrected chi connectivity index (χ2v) is 7.77. The van der Waals surface area contributed by atoms with E-state index in [4.69, 9.17) is 0 Å². The van der Waals surface area contributed by atoms with Gasteiger partial charge in [0.2, 0.25) is 5.43 Å². The maximum absolute atomic E-state index is 12.7. The van der Waals surface area contributed by atoms with Crippen molar-refractivity contribution in [3.8, 4) is 0 Å². The first-order chi connectivity index (χ1) is 9.54. The van der Waals surface area contributed by atoms with Crippen molar-refractivity contribution in [2.24, 2.45) is 11.8 Å². The summed E-state index contributed by atoms with van der Waals surface area (Å²) in [5.74, 6) is 1.31. The Balaban J connectivity index is 2.08. The molecule has 4 heteroatoms. The predicted octanol–water partition coefficient (Wildman–Crippen LogP) is 4.51. The minimum absolute atomic E-state index is 0.168. The third-order valence-electron chi connectivity index (χ3n) is 3.93. The van der Waals surface area contributed by atoms with Crippen LogP contribution in [-0.4, -0.2) is 13.1 Å². The molecule has 1 aliphatic heterocycles. The Bertz CT molecular complexity index is 686. The summed E-state index contributed by atoms with van der Waals surface area (Å²) in [7, 11) is 0. The molecule has 2 aromatic rings. The summed E-state index contributed by atoms with van der Waals surface area (Å²) in [4.78, 5) is 15.0. The third kappa shape index (κ3) is 2.63. The van der Waals surface area contributed by atoms with Crippen molar-refractivity contribution in [1.82, 2.24) is 0 Å². The van der Waals surface area contributed by atoms with Crippen LogP contribution in [0.15, 0.2) is 32.8 Å². The largest absolute Gasteiger partial charge is 0.367 e. The lowest BCUT2D eigenvalue weighted by atomic mass is 9.91. The zero-order valence-electron chi connectivity index (χ0n) is 11.7. The average Bonchev–Trinajstić information content (AvgIpc) is 2.38. The van der Waals surface area contributed by atoms with E-state index in [2.05, 4.69) is 34.7 Å².